The maximum Gasteiger partial charge on any atom is 0.345 e. The summed E-state index contributed by atoms with van der Waals surface area (Å²) in [5, 5.41) is 3.11. The maximum atomic E-state index is 11.8. The van der Waals surface area contributed by atoms with Crippen LogP contribution in [-0.2, 0) is 4.74 Å². The molecule has 0 aliphatic carbocycles. The summed E-state index contributed by atoms with van der Waals surface area (Å²) < 4.78 is 27.9. The third-order valence-corrected chi connectivity index (χ3v) is 1.98. The number of hydrogen-bond donors (Lipinski definition) is 1. The van der Waals surface area contributed by atoms with Crippen molar-refractivity contribution < 1.29 is 13.5 Å². The number of hydrogen-bond acceptors (Lipinski definition) is 2. The van der Waals surface area contributed by atoms with E-state index in [1.807, 2.05) is 6.92 Å². The summed E-state index contributed by atoms with van der Waals surface area (Å²) in [6.45, 7) is 0.846. The van der Waals surface area contributed by atoms with Gasteiger partial charge in [-0.15, -0.1) is 12.4 Å². The number of rotatable bonds is 2. The first-order valence-electron chi connectivity index (χ1n) is 3.84. The zero-order chi connectivity index (χ0) is 8.27. The van der Waals surface area contributed by atoms with E-state index >= 15 is 0 Å². The van der Waals surface area contributed by atoms with Gasteiger partial charge < -0.3 is 10.1 Å². The third kappa shape index (κ3) is 3.65. The Morgan fingerprint density at radius 1 is 1.50 bits per heavy atom. The van der Waals surface area contributed by atoms with E-state index in [2.05, 4.69) is 10.1 Å². The topological polar surface area (TPSA) is 21.3 Å². The SMILES string of the molecule is C[C@H]1CNCC[C@H]1OC(F)F.Cl. The highest BCUT2D eigenvalue weighted by molar-refractivity contribution is 5.85. The van der Waals surface area contributed by atoms with Gasteiger partial charge in [-0.1, -0.05) is 6.92 Å². The van der Waals surface area contributed by atoms with Crippen molar-refractivity contribution in [1.82, 2.24) is 5.32 Å². The predicted molar refractivity (Wildman–Crippen MR) is 44.8 cm³/mol. The summed E-state index contributed by atoms with van der Waals surface area (Å²) >= 11 is 0. The van der Waals surface area contributed by atoms with Crippen molar-refractivity contribution in [2.45, 2.75) is 26.1 Å². The Hall–Kier alpha value is 0.0700. The van der Waals surface area contributed by atoms with E-state index < -0.39 is 6.61 Å². The smallest absolute Gasteiger partial charge is 0.319 e. The monoisotopic (exact) mass is 201 g/mol. The van der Waals surface area contributed by atoms with Gasteiger partial charge in [-0.2, -0.15) is 8.78 Å². The highest BCUT2D eigenvalue weighted by Gasteiger charge is 2.24. The van der Waals surface area contributed by atoms with Crippen LogP contribution < -0.4 is 5.32 Å². The molecule has 0 unspecified atom stereocenters. The van der Waals surface area contributed by atoms with Crippen LogP contribution in [0.15, 0.2) is 0 Å². The van der Waals surface area contributed by atoms with Crippen molar-refractivity contribution in [3.05, 3.63) is 0 Å². The minimum atomic E-state index is -2.62. The van der Waals surface area contributed by atoms with E-state index in [0.29, 0.717) is 6.42 Å². The van der Waals surface area contributed by atoms with Crippen molar-refractivity contribution in [2.24, 2.45) is 5.92 Å². The van der Waals surface area contributed by atoms with E-state index in [-0.39, 0.29) is 24.4 Å². The molecule has 1 heterocycles. The van der Waals surface area contributed by atoms with Crippen LogP contribution in [0.3, 0.4) is 0 Å². The van der Waals surface area contributed by atoms with Crippen LogP contribution in [0.5, 0.6) is 0 Å². The molecule has 0 saturated carbocycles. The van der Waals surface area contributed by atoms with Gasteiger partial charge in [0.15, 0.2) is 0 Å². The van der Waals surface area contributed by atoms with Crippen molar-refractivity contribution >= 4 is 12.4 Å². The molecule has 1 aliphatic heterocycles. The lowest BCUT2D eigenvalue weighted by Crippen LogP contribution is -2.40. The number of alkyl halides is 2. The normalized spacial score (nSPS) is 30.0. The molecule has 1 saturated heterocycles. The zero-order valence-electron chi connectivity index (χ0n) is 6.93. The van der Waals surface area contributed by atoms with E-state index in [1.54, 1.807) is 0 Å². The Balaban J connectivity index is 0.00000121. The van der Waals surface area contributed by atoms with Gasteiger partial charge in [0.25, 0.3) is 0 Å². The van der Waals surface area contributed by atoms with E-state index in [1.165, 1.54) is 0 Å². The fourth-order valence-corrected chi connectivity index (χ4v) is 1.32. The van der Waals surface area contributed by atoms with Crippen LogP contribution >= 0.6 is 12.4 Å². The highest BCUT2D eigenvalue weighted by atomic mass is 35.5. The molecular formula is C7H14ClF2NO. The van der Waals surface area contributed by atoms with Crippen LogP contribution in [0, 0.1) is 5.92 Å². The van der Waals surface area contributed by atoms with Crippen LogP contribution in [0.2, 0.25) is 0 Å². The quantitative estimate of drug-likeness (QED) is 0.734. The summed E-state index contributed by atoms with van der Waals surface area (Å²) in [6.07, 6.45) is 0.419. The summed E-state index contributed by atoms with van der Waals surface area (Å²) in [6, 6.07) is 0. The molecule has 0 amide bonds. The molecule has 1 fully saturated rings. The Morgan fingerprint density at radius 2 is 2.17 bits per heavy atom. The van der Waals surface area contributed by atoms with Crippen LogP contribution in [0.4, 0.5) is 8.78 Å². The van der Waals surface area contributed by atoms with Crippen LogP contribution in [0.25, 0.3) is 0 Å². The molecule has 0 aromatic heterocycles. The van der Waals surface area contributed by atoms with Gasteiger partial charge in [0.05, 0.1) is 6.10 Å². The molecule has 0 radical (unpaired) electrons. The third-order valence-electron chi connectivity index (χ3n) is 1.98. The van der Waals surface area contributed by atoms with Crippen molar-refractivity contribution in [1.29, 1.82) is 0 Å². The molecule has 1 aliphatic rings. The molecule has 74 valence electrons. The first kappa shape index (κ1) is 12.1. The minimum absolute atomic E-state index is 0. The number of piperidine rings is 1. The largest absolute Gasteiger partial charge is 0.345 e. The number of nitrogens with one attached hydrogen (secondary N) is 1. The molecule has 12 heavy (non-hydrogen) atoms. The second-order valence-electron chi connectivity index (χ2n) is 2.91. The second kappa shape index (κ2) is 5.67. The Kier molecular flexibility index (Phi) is 5.70. The molecule has 0 aromatic carbocycles. The highest BCUT2D eigenvalue weighted by Crippen LogP contribution is 2.16. The van der Waals surface area contributed by atoms with Gasteiger partial charge in [0, 0.05) is 6.54 Å². The van der Waals surface area contributed by atoms with Gasteiger partial charge in [-0.25, -0.2) is 0 Å². The van der Waals surface area contributed by atoms with Gasteiger partial charge in [0.2, 0.25) is 0 Å². The fraction of sp³-hybridized carbons (Fsp3) is 1.00. The molecule has 1 N–H and O–H groups in total. The first-order valence-corrected chi connectivity index (χ1v) is 3.84. The van der Waals surface area contributed by atoms with Crippen LogP contribution in [-0.4, -0.2) is 25.8 Å². The average molecular weight is 202 g/mol. The lowest BCUT2D eigenvalue weighted by molar-refractivity contribution is -0.179. The summed E-state index contributed by atoms with van der Waals surface area (Å²) in [5.74, 6) is 0.192. The van der Waals surface area contributed by atoms with Crippen molar-refractivity contribution in [3.63, 3.8) is 0 Å². The summed E-state index contributed by atoms with van der Waals surface area (Å²) in [5.41, 5.74) is 0. The minimum Gasteiger partial charge on any atom is -0.319 e. The molecular weight excluding hydrogens is 188 g/mol. The van der Waals surface area contributed by atoms with Crippen molar-refractivity contribution in [3.8, 4) is 0 Å². The lowest BCUT2D eigenvalue weighted by Gasteiger charge is -2.28. The second-order valence-corrected chi connectivity index (χ2v) is 2.91. The van der Waals surface area contributed by atoms with E-state index in [0.717, 1.165) is 13.1 Å². The summed E-state index contributed by atoms with van der Waals surface area (Å²) in [4.78, 5) is 0. The fourth-order valence-electron chi connectivity index (χ4n) is 1.32. The van der Waals surface area contributed by atoms with E-state index in [4.69, 9.17) is 0 Å². The molecule has 1 rings (SSSR count). The molecule has 2 nitrogen and oxygen atoms in total. The Morgan fingerprint density at radius 3 is 2.67 bits per heavy atom. The average Bonchev–Trinajstić information content (AvgIpc) is 1.93. The van der Waals surface area contributed by atoms with Gasteiger partial charge >= 0.3 is 6.61 Å². The Bertz CT molecular complexity index is 126. The maximum absolute atomic E-state index is 11.8. The number of ether oxygens (including phenoxy) is 1. The summed E-state index contributed by atoms with van der Waals surface area (Å²) in [7, 11) is 0. The molecule has 5 heteroatoms. The molecule has 2 atom stereocenters. The van der Waals surface area contributed by atoms with Crippen molar-refractivity contribution in [2.75, 3.05) is 13.1 Å². The van der Waals surface area contributed by atoms with Gasteiger partial charge in [-0.3, -0.25) is 0 Å². The molecule has 0 bridgehead atoms. The van der Waals surface area contributed by atoms with Gasteiger partial charge in [-0.05, 0) is 18.9 Å². The zero-order valence-corrected chi connectivity index (χ0v) is 7.74. The number of halogens is 3. The molecule has 0 spiro atoms. The first-order chi connectivity index (χ1) is 5.20. The lowest BCUT2D eigenvalue weighted by atomic mass is 9.98. The predicted octanol–water partition coefficient (Wildman–Crippen LogP) is 1.65. The standard InChI is InChI=1S/C7H13F2NO.ClH/c1-5-4-10-3-2-6(5)11-7(8)9;/h5-7,10H,2-4H2,1H3;1H/t5-,6+;/m0./s1. The van der Waals surface area contributed by atoms with E-state index in [9.17, 15) is 8.78 Å². The van der Waals surface area contributed by atoms with Gasteiger partial charge in [0.1, 0.15) is 0 Å². The molecule has 0 aromatic rings. The van der Waals surface area contributed by atoms with Crippen LogP contribution in [0.1, 0.15) is 13.3 Å². The Labute approximate surface area is 77.1 Å².